The lowest BCUT2D eigenvalue weighted by molar-refractivity contribution is 0.312. The molecule has 7 heteroatoms. The summed E-state index contributed by atoms with van der Waals surface area (Å²) < 4.78 is 7.22. The van der Waals surface area contributed by atoms with Gasteiger partial charge < -0.3 is 4.52 Å². The van der Waals surface area contributed by atoms with E-state index in [0.29, 0.717) is 15.2 Å². The van der Waals surface area contributed by atoms with Crippen LogP contribution in [-0.2, 0) is 7.05 Å². The summed E-state index contributed by atoms with van der Waals surface area (Å²) >= 11 is 9.10. The highest BCUT2D eigenvalue weighted by molar-refractivity contribution is 9.10. The lowest BCUT2D eigenvalue weighted by atomic mass is 10.3. The Morgan fingerprint density at radius 1 is 1.38 bits per heavy atom. The van der Waals surface area contributed by atoms with Gasteiger partial charge in [-0.3, -0.25) is 0 Å². The summed E-state index contributed by atoms with van der Waals surface area (Å²) in [4.78, 5) is 22.7. The molecule has 0 N–H and O–H groups in total. The monoisotopic (exact) mass is 304 g/mol. The number of halogens is 2. The van der Waals surface area contributed by atoms with Crippen LogP contribution in [0.5, 0.6) is 0 Å². The first-order valence-electron chi connectivity index (χ1n) is 4.25. The van der Waals surface area contributed by atoms with E-state index in [0.717, 1.165) is 9.31 Å². The summed E-state index contributed by atoms with van der Waals surface area (Å²) in [5.41, 5.74) is -0.153. The normalized spacial score (nSPS) is 10.7. The predicted molar refractivity (Wildman–Crippen MR) is 62.3 cm³/mol. The predicted octanol–water partition coefficient (Wildman–Crippen LogP) is 1.55. The third-order valence-electron chi connectivity index (χ3n) is 2.04. The van der Waals surface area contributed by atoms with Crippen molar-refractivity contribution in [2.75, 3.05) is 0 Å². The Hall–Kier alpha value is -1.27. The molecule has 0 unspecified atom stereocenters. The van der Waals surface area contributed by atoms with Crippen molar-refractivity contribution in [3.63, 3.8) is 0 Å². The van der Waals surface area contributed by atoms with E-state index in [1.807, 2.05) is 0 Å². The maximum Gasteiger partial charge on any atom is 0.442 e. The molecule has 0 bridgehead atoms. The highest BCUT2D eigenvalue weighted by Gasteiger charge is 2.10. The maximum atomic E-state index is 11.6. The molecule has 0 saturated heterocycles. The average Bonchev–Trinajstić information content (AvgIpc) is 2.50. The molecule has 5 nitrogen and oxygen atoms in total. The summed E-state index contributed by atoms with van der Waals surface area (Å²) in [6.45, 7) is 0. The molecule has 0 fully saturated rings. The van der Waals surface area contributed by atoms with Gasteiger partial charge >= 0.3 is 11.4 Å². The van der Waals surface area contributed by atoms with Crippen molar-refractivity contribution in [2.24, 2.45) is 7.05 Å². The van der Waals surface area contributed by atoms with Crippen molar-refractivity contribution in [3.8, 4) is 5.69 Å². The Bertz CT molecular complexity index is 656. The van der Waals surface area contributed by atoms with E-state index >= 15 is 0 Å². The summed E-state index contributed by atoms with van der Waals surface area (Å²) in [6.07, 6.45) is 0. The van der Waals surface area contributed by atoms with Crippen LogP contribution < -0.4 is 11.4 Å². The zero-order chi connectivity index (χ0) is 11.9. The van der Waals surface area contributed by atoms with E-state index < -0.39 is 11.4 Å². The highest BCUT2D eigenvalue weighted by Crippen LogP contribution is 2.24. The van der Waals surface area contributed by atoms with E-state index in [2.05, 4.69) is 15.9 Å². The maximum absolute atomic E-state index is 11.6. The van der Waals surface area contributed by atoms with E-state index in [-0.39, 0.29) is 0 Å². The third-order valence-corrected chi connectivity index (χ3v) is 3.27. The number of benzene rings is 1. The minimum absolute atomic E-state index is 0.399. The van der Waals surface area contributed by atoms with E-state index in [1.54, 1.807) is 12.1 Å². The Labute approximate surface area is 103 Å². The molecule has 0 spiro atoms. The van der Waals surface area contributed by atoms with Crippen molar-refractivity contribution in [1.29, 1.82) is 0 Å². The number of nitrogens with zero attached hydrogens (tertiary/aromatic N) is 2. The summed E-state index contributed by atoms with van der Waals surface area (Å²) in [7, 11) is 1.34. The van der Waals surface area contributed by atoms with Gasteiger partial charge in [0.15, 0.2) is 0 Å². The van der Waals surface area contributed by atoms with Crippen LogP contribution in [-0.4, -0.2) is 9.31 Å². The van der Waals surface area contributed by atoms with Crippen molar-refractivity contribution in [1.82, 2.24) is 9.31 Å². The molecule has 0 amide bonds. The second kappa shape index (κ2) is 3.95. The number of aromatic nitrogens is 2. The van der Waals surface area contributed by atoms with Gasteiger partial charge in [0, 0.05) is 11.5 Å². The SMILES string of the molecule is Cn1c(=O)on(-c2ccc(Br)c(Cl)c2)c1=O. The Kier molecular flexibility index (Phi) is 2.77. The molecule has 16 heavy (non-hydrogen) atoms. The minimum atomic E-state index is -0.718. The largest absolute Gasteiger partial charge is 0.442 e. The number of hydrogen-bond donors (Lipinski definition) is 0. The molecule has 0 radical (unpaired) electrons. The van der Waals surface area contributed by atoms with Crippen LogP contribution in [0.15, 0.2) is 36.8 Å². The van der Waals surface area contributed by atoms with Crippen LogP contribution >= 0.6 is 27.5 Å². The quantitative estimate of drug-likeness (QED) is 0.803. The van der Waals surface area contributed by atoms with Crippen molar-refractivity contribution in [2.45, 2.75) is 0 Å². The molecule has 0 atom stereocenters. The first kappa shape index (κ1) is 11.2. The first-order chi connectivity index (χ1) is 7.50. The smallest absolute Gasteiger partial charge is 0.312 e. The van der Waals surface area contributed by atoms with E-state index in [4.69, 9.17) is 16.1 Å². The van der Waals surface area contributed by atoms with Gasteiger partial charge in [-0.2, -0.15) is 0 Å². The lowest BCUT2D eigenvalue weighted by Crippen LogP contribution is -2.25. The van der Waals surface area contributed by atoms with Crippen LogP contribution in [0.2, 0.25) is 5.02 Å². The van der Waals surface area contributed by atoms with Gasteiger partial charge in [-0.05, 0) is 34.1 Å². The molecule has 84 valence electrons. The van der Waals surface area contributed by atoms with Gasteiger partial charge in [-0.15, -0.1) is 4.74 Å². The zero-order valence-electron chi connectivity index (χ0n) is 8.11. The fraction of sp³-hybridized carbons (Fsp3) is 0.111. The summed E-state index contributed by atoms with van der Waals surface area (Å²) in [5.74, 6) is -0.718. The van der Waals surface area contributed by atoms with Crippen LogP contribution in [0.25, 0.3) is 5.69 Å². The molecule has 2 rings (SSSR count). The van der Waals surface area contributed by atoms with Crippen LogP contribution in [0.1, 0.15) is 0 Å². The van der Waals surface area contributed by atoms with Crippen LogP contribution in [0.3, 0.4) is 0 Å². The number of rotatable bonds is 1. The highest BCUT2D eigenvalue weighted by atomic mass is 79.9. The molecular weight excluding hydrogens is 299 g/mol. The standard InChI is InChI=1S/C9H6BrClN2O3/c1-12-8(14)13(16-9(12)15)5-2-3-6(10)7(11)4-5/h2-4H,1H3. The second-order valence-corrected chi connectivity index (χ2v) is 4.35. The molecule has 0 aliphatic carbocycles. The lowest BCUT2D eigenvalue weighted by Gasteiger charge is -2.00. The van der Waals surface area contributed by atoms with Crippen molar-refractivity contribution >= 4 is 27.5 Å². The molecule has 0 aliphatic heterocycles. The topological polar surface area (TPSA) is 57.1 Å². The fourth-order valence-electron chi connectivity index (χ4n) is 1.17. The third kappa shape index (κ3) is 1.74. The molecule has 1 aromatic heterocycles. The van der Waals surface area contributed by atoms with Crippen LogP contribution in [0.4, 0.5) is 0 Å². The summed E-state index contributed by atoms with van der Waals surface area (Å²) in [5, 5.41) is 0.427. The molecule has 1 heterocycles. The van der Waals surface area contributed by atoms with Crippen LogP contribution in [0, 0.1) is 0 Å². The fourth-order valence-corrected chi connectivity index (χ4v) is 1.59. The Morgan fingerprint density at radius 2 is 2.06 bits per heavy atom. The van der Waals surface area contributed by atoms with Crippen molar-refractivity contribution in [3.05, 3.63) is 48.7 Å². The molecule has 0 saturated carbocycles. The first-order valence-corrected chi connectivity index (χ1v) is 5.42. The Balaban J connectivity index is 2.68. The Morgan fingerprint density at radius 3 is 2.56 bits per heavy atom. The van der Waals surface area contributed by atoms with Gasteiger partial charge in [0.25, 0.3) is 0 Å². The molecule has 2 aromatic rings. The van der Waals surface area contributed by atoms with Gasteiger partial charge in [0.2, 0.25) is 0 Å². The van der Waals surface area contributed by atoms with E-state index in [1.165, 1.54) is 13.1 Å². The number of hydrogen-bond acceptors (Lipinski definition) is 3. The molecule has 0 aliphatic rings. The second-order valence-electron chi connectivity index (χ2n) is 3.09. The van der Waals surface area contributed by atoms with Gasteiger partial charge in [0.05, 0.1) is 10.7 Å². The van der Waals surface area contributed by atoms with Gasteiger partial charge in [-0.25, -0.2) is 14.2 Å². The summed E-state index contributed by atoms with van der Waals surface area (Å²) in [6, 6.07) is 4.80. The van der Waals surface area contributed by atoms with Gasteiger partial charge in [-0.1, -0.05) is 11.6 Å². The van der Waals surface area contributed by atoms with E-state index in [9.17, 15) is 9.59 Å². The average molecular weight is 306 g/mol. The molecular formula is C9H6BrClN2O3. The van der Waals surface area contributed by atoms with Gasteiger partial charge in [0.1, 0.15) is 0 Å². The molecule has 1 aromatic carbocycles. The van der Waals surface area contributed by atoms with Crippen molar-refractivity contribution < 1.29 is 4.52 Å². The zero-order valence-corrected chi connectivity index (χ0v) is 10.4. The minimum Gasteiger partial charge on any atom is -0.312 e.